The van der Waals surface area contributed by atoms with Crippen LogP contribution in [0.4, 0.5) is 10.1 Å². The van der Waals surface area contributed by atoms with Crippen LogP contribution in [0.5, 0.6) is 0 Å². The number of likely N-dealkylation sites (N-methyl/N-ethyl adjacent to an activating group) is 1. The summed E-state index contributed by atoms with van der Waals surface area (Å²) >= 11 is 0. The predicted molar refractivity (Wildman–Crippen MR) is 138 cm³/mol. The van der Waals surface area contributed by atoms with Crippen molar-refractivity contribution in [2.45, 2.75) is 25.9 Å². The fourth-order valence-electron chi connectivity index (χ4n) is 3.86. The van der Waals surface area contributed by atoms with Gasteiger partial charge in [-0.05, 0) is 30.2 Å². The molecule has 0 saturated carbocycles. The smallest absolute Gasteiger partial charge is 0.244 e. The highest BCUT2D eigenvalue weighted by molar-refractivity contribution is 7.92. The van der Waals surface area contributed by atoms with Crippen molar-refractivity contribution in [1.29, 1.82) is 0 Å². The zero-order chi connectivity index (χ0) is 26.3. The molecule has 2 amide bonds. The molecule has 7 nitrogen and oxygen atoms in total. The van der Waals surface area contributed by atoms with E-state index < -0.39 is 40.2 Å². The number of para-hydroxylation sites is 1. The Morgan fingerprint density at radius 2 is 1.53 bits per heavy atom. The molecule has 0 bridgehead atoms. The van der Waals surface area contributed by atoms with Gasteiger partial charge in [-0.15, -0.1) is 0 Å². The number of sulfonamides is 1. The van der Waals surface area contributed by atoms with Crippen LogP contribution in [0.3, 0.4) is 0 Å². The third-order valence-electron chi connectivity index (χ3n) is 5.79. The SMILES string of the molecule is CNC(=O)C(Cc1ccccc1)N(Cc1ccc(C)cc1)C(=O)CN(c1ccccc1F)S(C)(=O)=O. The summed E-state index contributed by atoms with van der Waals surface area (Å²) in [7, 11) is -2.53. The summed E-state index contributed by atoms with van der Waals surface area (Å²) in [6.07, 6.45) is 1.13. The van der Waals surface area contributed by atoms with Crippen molar-refractivity contribution >= 4 is 27.5 Å². The number of nitrogens with zero attached hydrogens (tertiary/aromatic N) is 2. The van der Waals surface area contributed by atoms with Crippen molar-refractivity contribution in [1.82, 2.24) is 10.2 Å². The second kappa shape index (κ2) is 11.8. The van der Waals surface area contributed by atoms with Crippen LogP contribution in [-0.4, -0.2) is 51.0 Å². The van der Waals surface area contributed by atoms with Crippen LogP contribution in [0.15, 0.2) is 78.9 Å². The summed E-state index contributed by atoms with van der Waals surface area (Å²) in [5, 5.41) is 2.62. The number of carbonyl (C=O) groups is 2. The maximum absolute atomic E-state index is 14.5. The van der Waals surface area contributed by atoms with Gasteiger partial charge >= 0.3 is 0 Å². The van der Waals surface area contributed by atoms with Gasteiger partial charge in [0, 0.05) is 20.0 Å². The molecule has 36 heavy (non-hydrogen) atoms. The van der Waals surface area contributed by atoms with E-state index in [9.17, 15) is 22.4 Å². The normalized spacial score (nSPS) is 12.0. The Bertz CT molecular complexity index is 1300. The minimum Gasteiger partial charge on any atom is -0.357 e. The molecule has 0 aliphatic carbocycles. The quantitative estimate of drug-likeness (QED) is 0.453. The van der Waals surface area contributed by atoms with E-state index in [2.05, 4.69) is 5.32 Å². The molecule has 9 heteroatoms. The molecular formula is C27H30FN3O4S. The van der Waals surface area contributed by atoms with E-state index in [1.807, 2.05) is 61.5 Å². The Morgan fingerprint density at radius 1 is 0.917 bits per heavy atom. The maximum atomic E-state index is 14.5. The lowest BCUT2D eigenvalue weighted by Crippen LogP contribution is -2.53. The zero-order valence-electron chi connectivity index (χ0n) is 20.5. The Morgan fingerprint density at radius 3 is 2.11 bits per heavy atom. The summed E-state index contributed by atoms with van der Waals surface area (Å²) in [4.78, 5) is 28.1. The molecule has 0 aliphatic heterocycles. The van der Waals surface area contributed by atoms with E-state index in [1.165, 1.54) is 30.1 Å². The lowest BCUT2D eigenvalue weighted by atomic mass is 10.0. The first-order valence-electron chi connectivity index (χ1n) is 11.4. The summed E-state index contributed by atoms with van der Waals surface area (Å²) in [6, 6.07) is 21.2. The first kappa shape index (κ1) is 26.9. The molecule has 0 aliphatic rings. The summed E-state index contributed by atoms with van der Waals surface area (Å²) in [6.45, 7) is 1.35. The van der Waals surface area contributed by atoms with Gasteiger partial charge in [0.2, 0.25) is 21.8 Å². The van der Waals surface area contributed by atoms with E-state index in [-0.39, 0.29) is 18.7 Å². The van der Waals surface area contributed by atoms with Crippen molar-refractivity contribution in [3.63, 3.8) is 0 Å². The molecule has 0 heterocycles. The fraction of sp³-hybridized carbons (Fsp3) is 0.259. The molecule has 0 radical (unpaired) electrons. The largest absolute Gasteiger partial charge is 0.357 e. The Labute approximate surface area is 211 Å². The predicted octanol–water partition coefficient (Wildman–Crippen LogP) is 3.29. The molecule has 0 spiro atoms. The van der Waals surface area contributed by atoms with Gasteiger partial charge in [0.05, 0.1) is 11.9 Å². The van der Waals surface area contributed by atoms with Crippen molar-refractivity contribution in [2.75, 3.05) is 24.2 Å². The van der Waals surface area contributed by atoms with E-state index in [1.54, 1.807) is 0 Å². The number of nitrogens with one attached hydrogen (secondary N) is 1. The molecule has 0 fully saturated rings. The van der Waals surface area contributed by atoms with E-state index >= 15 is 0 Å². The monoisotopic (exact) mass is 511 g/mol. The number of rotatable bonds is 10. The number of amides is 2. The minimum absolute atomic E-state index is 0.0684. The minimum atomic E-state index is -4.01. The average molecular weight is 512 g/mol. The topological polar surface area (TPSA) is 86.8 Å². The highest BCUT2D eigenvalue weighted by atomic mass is 32.2. The molecule has 190 valence electrons. The average Bonchev–Trinajstić information content (AvgIpc) is 2.85. The highest BCUT2D eigenvalue weighted by Gasteiger charge is 2.33. The Balaban J connectivity index is 2.03. The summed E-state index contributed by atoms with van der Waals surface area (Å²) < 4.78 is 40.5. The molecular weight excluding hydrogens is 481 g/mol. The Kier molecular flexibility index (Phi) is 8.82. The van der Waals surface area contributed by atoms with Gasteiger partial charge in [-0.1, -0.05) is 72.3 Å². The third-order valence-corrected chi connectivity index (χ3v) is 6.92. The van der Waals surface area contributed by atoms with Gasteiger partial charge in [-0.2, -0.15) is 0 Å². The lowest BCUT2D eigenvalue weighted by molar-refractivity contribution is -0.139. The summed E-state index contributed by atoms with van der Waals surface area (Å²) in [5.74, 6) is -1.79. The van der Waals surface area contributed by atoms with Crippen molar-refractivity contribution in [3.8, 4) is 0 Å². The number of hydrogen-bond acceptors (Lipinski definition) is 4. The van der Waals surface area contributed by atoms with Crippen LogP contribution in [0.2, 0.25) is 0 Å². The second-order valence-electron chi connectivity index (χ2n) is 8.55. The van der Waals surface area contributed by atoms with Crippen LogP contribution >= 0.6 is 0 Å². The number of benzene rings is 3. The number of hydrogen-bond donors (Lipinski definition) is 1. The van der Waals surface area contributed by atoms with Gasteiger partial charge in [-0.3, -0.25) is 13.9 Å². The van der Waals surface area contributed by atoms with Crippen molar-refractivity contribution < 1.29 is 22.4 Å². The highest BCUT2D eigenvalue weighted by Crippen LogP contribution is 2.23. The molecule has 3 rings (SSSR count). The van der Waals surface area contributed by atoms with E-state index in [0.717, 1.165) is 33.3 Å². The molecule has 3 aromatic rings. The number of halogens is 1. The summed E-state index contributed by atoms with van der Waals surface area (Å²) in [5.41, 5.74) is 2.41. The number of anilines is 1. The van der Waals surface area contributed by atoms with Crippen LogP contribution in [0.25, 0.3) is 0 Å². The molecule has 3 aromatic carbocycles. The van der Waals surface area contributed by atoms with Crippen molar-refractivity contribution in [2.24, 2.45) is 0 Å². The van der Waals surface area contributed by atoms with Gasteiger partial charge in [0.15, 0.2) is 0 Å². The number of carbonyl (C=O) groups excluding carboxylic acids is 2. The molecule has 1 unspecified atom stereocenters. The van der Waals surface area contributed by atoms with Gasteiger partial charge < -0.3 is 10.2 Å². The van der Waals surface area contributed by atoms with E-state index in [0.29, 0.717) is 0 Å². The third kappa shape index (κ3) is 6.91. The number of aryl methyl sites for hydroxylation is 1. The van der Waals surface area contributed by atoms with Gasteiger partial charge in [-0.25, -0.2) is 12.8 Å². The maximum Gasteiger partial charge on any atom is 0.244 e. The molecule has 0 saturated heterocycles. The van der Waals surface area contributed by atoms with Crippen LogP contribution in [0.1, 0.15) is 16.7 Å². The second-order valence-corrected chi connectivity index (χ2v) is 10.5. The van der Waals surface area contributed by atoms with Crippen LogP contribution < -0.4 is 9.62 Å². The van der Waals surface area contributed by atoms with Crippen molar-refractivity contribution in [3.05, 3.63) is 101 Å². The first-order chi connectivity index (χ1) is 17.1. The molecule has 0 aromatic heterocycles. The molecule has 1 N–H and O–H groups in total. The standard InChI is InChI=1S/C27H30FN3O4S/c1-20-13-15-22(16-14-20)18-30(25(27(33)29-2)17-21-9-5-4-6-10-21)26(32)19-31(36(3,34)35)24-12-8-7-11-23(24)28/h4-16,25H,17-19H2,1-3H3,(H,29,33). The van der Waals surface area contributed by atoms with Crippen LogP contribution in [0, 0.1) is 12.7 Å². The first-order valence-corrected chi connectivity index (χ1v) is 13.3. The molecule has 1 atom stereocenters. The Hall–Kier alpha value is -3.72. The van der Waals surface area contributed by atoms with Crippen LogP contribution in [-0.2, 0) is 32.6 Å². The van der Waals surface area contributed by atoms with Gasteiger partial charge in [0.1, 0.15) is 18.4 Å². The van der Waals surface area contributed by atoms with E-state index in [4.69, 9.17) is 0 Å². The fourth-order valence-corrected chi connectivity index (χ4v) is 4.71. The van der Waals surface area contributed by atoms with Gasteiger partial charge in [0.25, 0.3) is 0 Å². The lowest BCUT2D eigenvalue weighted by Gasteiger charge is -2.33. The zero-order valence-corrected chi connectivity index (χ0v) is 21.3.